The van der Waals surface area contributed by atoms with Crippen molar-refractivity contribution in [2.75, 3.05) is 26.9 Å². The minimum atomic E-state index is -0.984. The van der Waals surface area contributed by atoms with E-state index in [1.165, 1.54) is 7.11 Å². The second-order valence-corrected chi connectivity index (χ2v) is 8.65. The van der Waals surface area contributed by atoms with E-state index in [1.54, 1.807) is 20.8 Å². The number of alkyl carbamates (subject to hydrolysis) is 1. The second kappa shape index (κ2) is 10.8. The molecular weight excluding hydrogens is 406 g/mol. The SMILES string of the molecule is COC(=O)[C@H](COCc1cccc(OCC2COC(C)(C)O2)c1)NC(=O)OC(C)(C)C. The molecule has 2 rings (SSSR count). The lowest BCUT2D eigenvalue weighted by Gasteiger charge is -2.22. The maximum atomic E-state index is 12.0. The summed E-state index contributed by atoms with van der Waals surface area (Å²) in [4.78, 5) is 23.9. The summed E-state index contributed by atoms with van der Waals surface area (Å²) in [7, 11) is 1.24. The molecule has 174 valence electrons. The van der Waals surface area contributed by atoms with Crippen LogP contribution in [0, 0.1) is 0 Å². The molecular formula is C22H33NO8. The van der Waals surface area contributed by atoms with Crippen LogP contribution in [-0.2, 0) is 35.1 Å². The fourth-order valence-corrected chi connectivity index (χ4v) is 2.81. The molecule has 1 amide bonds. The molecule has 0 aliphatic carbocycles. The van der Waals surface area contributed by atoms with Gasteiger partial charge in [-0.15, -0.1) is 0 Å². The van der Waals surface area contributed by atoms with Gasteiger partial charge in [-0.25, -0.2) is 9.59 Å². The van der Waals surface area contributed by atoms with Crippen molar-refractivity contribution in [2.24, 2.45) is 0 Å². The maximum Gasteiger partial charge on any atom is 0.408 e. The largest absolute Gasteiger partial charge is 0.491 e. The number of amides is 1. The zero-order valence-electron chi connectivity index (χ0n) is 19.1. The molecule has 31 heavy (non-hydrogen) atoms. The first-order valence-electron chi connectivity index (χ1n) is 10.2. The molecule has 9 nitrogen and oxygen atoms in total. The third kappa shape index (κ3) is 9.12. The minimum Gasteiger partial charge on any atom is -0.491 e. The monoisotopic (exact) mass is 439 g/mol. The molecule has 0 spiro atoms. The Hall–Kier alpha value is -2.36. The Bertz CT molecular complexity index is 743. The van der Waals surface area contributed by atoms with Gasteiger partial charge in [0.25, 0.3) is 0 Å². The van der Waals surface area contributed by atoms with E-state index in [2.05, 4.69) is 5.32 Å². The van der Waals surface area contributed by atoms with Crippen molar-refractivity contribution in [3.05, 3.63) is 29.8 Å². The summed E-state index contributed by atoms with van der Waals surface area (Å²) in [5.41, 5.74) is 0.166. The second-order valence-electron chi connectivity index (χ2n) is 8.65. The van der Waals surface area contributed by atoms with Gasteiger partial charge in [-0.2, -0.15) is 0 Å². The van der Waals surface area contributed by atoms with E-state index < -0.39 is 29.5 Å². The summed E-state index contributed by atoms with van der Waals surface area (Å²) in [5, 5.41) is 2.47. The van der Waals surface area contributed by atoms with Gasteiger partial charge in [-0.05, 0) is 52.3 Å². The highest BCUT2D eigenvalue weighted by molar-refractivity contribution is 5.81. The van der Waals surface area contributed by atoms with Crippen molar-refractivity contribution in [1.82, 2.24) is 5.32 Å². The highest BCUT2D eigenvalue weighted by Gasteiger charge is 2.33. The summed E-state index contributed by atoms with van der Waals surface area (Å²) >= 11 is 0. The molecule has 1 saturated heterocycles. The Morgan fingerprint density at radius 2 is 2.03 bits per heavy atom. The maximum absolute atomic E-state index is 12.0. The zero-order valence-corrected chi connectivity index (χ0v) is 19.1. The lowest BCUT2D eigenvalue weighted by molar-refractivity contribution is -0.145. The van der Waals surface area contributed by atoms with Crippen LogP contribution in [-0.4, -0.2) is 62.5 Å². The van der Waals surface area contributed by atoms with Crippen LogP contribution >= 0.6 is 0 Å². The molecule has 1 aromatic rings. The Labute approximate surface area is 183 Å². The predicted molar refractivity (Wildman–Crippen MR) is 112 cm³/mol. The van der Waals surface area contributed by atoms with E-state index >= 15 is 0 Å². The van der Waals surface area contributed by atoms with Gasteiger partial charge in [0.2, 0.25) is 0 Å². The van der Waals surface area contributed by atoms with E-state index in [4.69, 9.17) is 28.4 Å². The quantitative estimate of drug-likeness (QED) is 0.586. The van der Waals surface area contributed by atoms with Gasteiger partial charge in [-0.3, -0.25) is 0 Å². The van der Waals surface area contributed by atoms with Gasteiger partial charge < -0.3 is 33.7 Å². The summed E-state index contributed by atoms with van der Waals surface area (Å²) in [6.45, 7) is 9.94. The molecule has 2 atom stereocenters. The van der Waals surface area contributed by atoms with Crippen LogP contribution in [0.25, 0.3) is 0 Å². The van der Waals surface area contributed by atoms with Crippen molar-refractivity contribution < 1.29 is 38.0 Å². The first-order chi connectivity index (χ1) is 14.5. The lowest BCUT2D eigenvalue weighted by atomic mass is 10.2. The van der Waals surface area contributed by atoms with E-state index in [0.717, 1.165) is 5.56 Å². The van der Waals surface area contributed by atoms with Crippen LogP contribution in [0.2, 0.25) is 0 Å². The fourth-order valence-electron chi connectivity index (χ4n) is 2.81. The predicted octanol–water partition coefficient (Wildman–Crippen LogP) is 2.80. The highest BCUT2D eigenvalue weighted by atomic mass is 16.7. The molecule has 1 fully saturated rings. The van der Waals surface area contributed by atoms with Crippen molar-refractivity contribution in [1.29, 1.82) is 0 Å². The standard InChI is InChI=1S/C22H33NO8/c1-21(2,3)31-20(25)23-18(19(24)26-6)14-27-11-15-8-7-9-16(10-15)28-12-17-13-29-22(4,5)30-17/h7-10,17-18H,11-14H2,1-6H3,(H,23,25)/t17?,18-/m0/s1. The number of benzene rings is 1. The first-order valence-corrected chi connectivity index (χ1v) is 10.2. The molecule has 1 unspecified atom stereocenters. The fraction of sp³-hybridized carbons (Fsp3) is 0.636. The smallest absolute Gasteiger partial charge is 0.408 e. The number of methoxy groups -OCH3 is 1. The Morgan fingerprint density at radius 3 is 2.65 bits per heavy atom. The number of esters is 1. The molecule has 1 N–H and O–H groups in total. The number of carbonyl (C=O) groups excluding carboxylic acids is 2. The molecule has 0 bridgehead atoms. The average molecular weight is 440 g/mol. The van der Waals surface area contributed by atoms with Crippen LogP contribution in [0.15, 0.2) is 24.3 Å². The summed E-state index contributed by atoms with van der Waals surface area (Å²) in [6, 6.07) is 6.42. The van der Waals surface area contributed by atoms with Crippen LogP contribution in [0.1, 0.15) is 40.2 Å². The highest BCUT2D eigenvalue weighted by Crippen LogP contribution is 2.23. The number of nitrogens with one attached hydrogen (secondary N) is 1. The minimum absolute atomic E-state index is 0.0701. The summed E-state index contributed by atoms with van der Waals surface area (Å²) in [5.74, 6) is -0.539. The number of hydrogen-bond acceptors (Lipinski definition) is 8. The van der Waals surface area contributed by atoms with E-state index in [0.29, 0.717) is 19.0 Å². The van der Waals surface area contributed by atoms with Gasteiger partial charge >= 0.3 is 12.1 Å². The van der Waals surface area contributed by atoms with Crippen molar-refractivity contribution in [3.63, 3.8) is 0 Å². The molecule has 0 aromatic heterocycles. The molecule has 1 aliphatic rings. The number of rotatable bonds is 9. The van der Waals surface area contributed by atoms with Crippen LogP contribution in [0.4, 0.5) is 4.79 Å². The Balaban J connectivity index is 1.83. The van der Waals surface area contributed by atoms with Crippen molar-refractivity contribution >= 4 is 12.1 Å². The lowest BCUT2D eigenvalue weighted by Crippen LogP contribution is -2.46. The normalized spacial score (nSPS) is 18.8. The average Bonchev–Trinajstić information content (AvgIpc) is 3.02. The summed E-state index contributed by atoms with van der Waals surface area (Å²) in [6.07, 6.45) is -0.849. The Kier molecular flexibility index (Phi) is 8.67. The molecule has 1 aliphatic heterocycles. The topological polar surface area (TPSA) is 102 Å². The number of carbonyl (C=O) groups is 2. The first kappa shape index (κ1) is 24.9. The number of hydrogen-bond donors (Lipinski definition) is 1. The summed E-state index contributed by atoms with van der Waals surface area (Å²) < 4.78 is 32.6. The van der Waals surface area contributed by atoms with E-state index in [1.807, 2.05) is 38.1 Å². The molecule has 1 aromatic carbocycles. The van der Waals surface area contributed by atoms with Gasteiger partial charge in [0.1, 0.15) is 24.1 Å². The van der Waals surface area contributed by atoms with Crippen molar-refractivity contribution in [2.45, 2.75) is 64.8 Å². The Morgan fingerprint density at radius 1 is 1.29 bits per heavy atom. The van der Waals surface area contributed by atoms with Crippen LogP contribution in [0.5, 0.6) is 5.75 Å². The van der Waals surface area contributed by atoms with E-state index in [9.17, 15) is 9.59 Å². The van der Waals surface area contributed by atoms with Gasteiger partial charge in [0, 0.05) is 0 Å². The zero-order chi connectivity index (χ0) is 23.1. The van der Waals surface area contributed by atoms with Crippen LogP contribution in [0.3, 0.4) is 0 Å². The third-order valence-electron chi connectivity index (χ3n) is 4.13. The van der Waals surface area contributed by atoms with E-state index in [-0.39, 0.29) is 19.3 Å². The molecule has 1 heterocycles. The third-order valence-corrected chi connectivity index (χ3v) is 4.13. The van der Waals surface area contributed by atoms with Gasteiger partial charge in [0.15, 0.2) is 11.8 Å². The van der Waals surface area contributed by atoms with Gasteiger partial charge in [0.05, 0.1) is 26.9 Å². The molecule has 9 heteroatoms. The van der Waals surface area contributed by atoms with Crippen molar-refractivity contribution in [3.8, 4) is 5.75 Å². The van der Waals surface area contributed by atoms with Crippen LogP contribution < -0.4 is 10.1 Å². The molecule has 0 saturated carbocycles. The van der Waals surface area contributed by atoms with Gasteiger partial charge in [-0.1, -0.05) is 12.1 Å². The molecule has 0 radical (unpaired) electrons. The number of ether oxygens (including phenoxy) is 6.